The lowest BCUT2D eigenvalue weighted by Gasteiger charge is -2.37. The predicted octanol–water partition coefficient (Wildman–Crippen LogP) is 1.96. The molecule has 2 fully saturated rings. The third kappa shape index (κ3) is 4.39. The largest absolute Gasteiger partial charge is 0.374 e. The highest BCUT2D eigenvalue weighted by atomic mass is 32.1. The topological polar surface area (TPSA) is 80.3 Å². The van der Waals surface area contributed by atoms with Crippen LogP contribution in [0.25, 0.3) is 0 Å². The van der Waals surface area contributed by atoms with Crippen LogP contribution < -0.4 is 10.6 Å². The first-order valence-corrected chi connectivity index (χ1v) is 9.99. The van der Waals surface area contributed by atoms with Crippen LogP contribution in [-0.2, 0) is 20.7 Å². The minimum absolute atomic E-state index is 0.00939. The molecule has 6 nitrogen and oxygen atoms in total. The quantitative estimate of drug-likeness (QED) is 0.774. The van der Waals surface area contributed by atoms with Crippen molar-refractivity contribution in [3.8, 4) is 0 Å². The standard InChI is InChI=1S/C18H27N3O3S/c1-3-14(9-19-16(22)7-15-12(2)20-11-25-15)21-17(23)13-8-18(24-10-13)5-4-6-18/h11,13-14H,3-10H2,1-2H3,(H,19,22)(H,21,23). The highest BCUT2D eigenvalue weighted by Gasteiger charge is 2.47. The molecule has 1 spiro atoms. The van der Waals surface area contributed by atoms with Gasteiger partial charge in [-0.1, -0.05) is 6.92 Å². The van der Waals surface area contributed by atoms with E-state index in [1.54, 1.807) is 5.51 Å². The van der Waals surface area contributed by atoms with Crippen molar-refractivity contribution in [1.82, 2.24) is 15.6 Å². The molecule has 2 heterocycles. The number of hydrogen-bond acceptors (Lipinski definition) is 5. The van der Waals surface area contributed by atoms with Crippen molar-refractivity contribution in [2.45, 2.75) is 64.0 Å². The van der Waals surface area contributed by atoms with E-state index in [9.17, 15) is 9.59 Å². The van der Waals surface area contributed by atoms with Gasteiger partial charge in [-0.25, -0.2) is 4.98 Å². The zero-order chi connectivity index (χ0) is 17.9. The number of aromatic nitrogens is 1. The zero-order valence-corrected chi connectivity index (χ0v) is 15.8. The van der Waals surface area contributed by atoms with Crippen LogP contribution in [-0.4, -0.2) is 41.6 Å². The lowest BCUT2D eigenvalue weighted by Crippen LogP contribution is -2.46. The maximum Gasteiger partial charge on any atom is 0.225 e. The molecule has 0 aromatic carbocycles. The Morgan fingerprint density at radius 3 is 2.84 bits per heavy atom. The second kappa shape index (κ2) is 7.83. The second-order valence-corrected chi connectivity index (χ2v) is 8.14. The Labute approximate surface area is 152 Å². The first-order chi connectivity index (χ1) is 12.0. The molecule has 0 radical (unpaired) electrons. The van der Waals surface area contributed by atoms with E-state index >= 15 is 0 Å². The first-order valence-electron chi connectivity index (χ1n) is 9.11. The van der Waals surface area contributed by atoms with Gasteiger partial charge in [0, 0.05) is 17.5 Å². The summed E-state index contributed by atoms with van der Waals surface area (Å²) in [6, 6.07) is -0.0445. The Balaban J connectivity index is 1.42. The average molecular weight is 365 g/mol. The molecular formula is C18H27N3O3S. The summed E-state index contributed by atoms with van der Waals surface area (Å²) in [5, 5.41) is 6.00. The fraction of sp³-hybridized carbons (Fsp3) is 0.722. The molecule has 1 aromatic heterocycles. The molecule has 2 atom stereocenters. The Morgan fingerprint density at radius 2 is 2.28 bits per heavy atom. The molecule has 1 aliphatic carbocycles. The van der Waals surface area contributed by atoms with E-state index < -0.39 is 0 Å². The van der Waals surface area contributed by atoms with Gasteiger partial charge in [0.1, 0.15) is 0 Å². The summed E-state index contributed by atoms with van der Waals surface area (Å²) in [6.07, 6.45) is 5.34. The van der Waals surface area contributed by atoms with Crippen molar-refractivity contribution in [3.05, 3.63) is 16.1 Å². The van der Waals surface area contributed by atoms with Crippen LogP contribution in [0.4, 0.5) is 0 Å². The molecule has 0 bridgehead atoms. The van der Waals surface area contributed by atoms with E-state index in [2.05, 4.69) is 15.6 Å². The minimum Gasteiger partial charge on any atom is -0.374 e. The highest BCUT2D eigenvalue weighted by molar-refractivity contribution is 7.09. The Bertz CT molecular complexity index is 627. The van der Waals surface area contributed by atoms with Crippen LogP contribution in [0.5, 0.6) is 0 Å². The van der Waals surface area contributed by atoms with Gasteiger partial charge >= 0.3 is 0 Å². The molecule has 2 amide bonds. The second-order valence-electron chi connectivity index (χ2n) is 7.20. The van der Waals surface area contributed by atoms with Crippen molar-refractivity contribution in [2.75, 3.05) is 13.2 Å². The maximum absolute atomic E-state index is 12.5. The molecule has 2 unspecified atom stereocenters. The molecule has 1 aliphatic heterocycles. The molecule has 7 heteroatoms. The summed E-state index contributed by atoms with van der Waals surface area (Å²) >= 11 is 1.50. The minimum atomic E-state index is -0.0510. The van der Waals surface area contributed by atoms with E-state index in [0.29, 0.717) is 19.6 Å². The van der Waals surface area contributed by atoms with E-state index in [4.69, 9.17) is 4.74 Å². The van der Waals surface area contributed by atoms with Gasteiger partial charge in [0.05, 0.1) is 35.8 Å². The van der Waals surface area contributed by atoms with Gasteiger partial charge in [-0.05, 0) is 39.0 Å². The van der Waals surface area contributed by atoms with Crippen molar-refractivity contribution in [2.24, 2.45) is 5.92 Å². The number of ether oxygens (including phenoxy) is 1. The number of rotatable bonds is 7. The smallest absolute Gasteiger partial charge is 0.225 e. The molecular weight excluding hydrogens is 338 g/mol. The van der Waals surface area contributed by atoms with E-state index in [-0.39, 0.29) is 29.4 Å². The molecule has 1 saturated heterocycles. The maximum atomic E-state index is 12.5. The van der Waals surface area contributed by atoms with Crippen LogP contribution >= 0.6 is 11.3 Å². The fourth-order valence-electron chi connectivity index (χ4n) is 3.49. The van der Waals surface area contributed by atoms with Crippen LogP contribution in [0.1, 0.15) is 49.6 Å². The number of carbonyl (C=O) groups is 2. The number of thiazole rings is 1. The third-order valence-corrected chi connectivity index (χ3v) is 6.33. The van der Waals surface area contributed by atoms with Gasteiger partial charge < -0.3 is 15.4 Å². The molecule has 25 heavy (non-hydrogen) atoms. The summed E-state index contributed by atoms with van der Waals surface area (Å²) in [5.74, 6) is -0.0225. The van der Waals surface area contributed by atoms with Crippen LogP contribution in [0, 0.1) is 12.8 Å². The molecule has 3 rings (SSSR count). The van der Waals surface area contributed by atoms with Crippen LogP contribution in [0.15, 0.2) is 5.51 Å². The highest BCUT2D eigenvalue weighted by Crippen LogP contribution is 2.45. The summed E-state index contributed by atoms with van der Waals surface area (Å²) < 4.78 is 5.86. The number of amides is 2. The normalized spacial score (nSPS) is 22.4. The van der Waals surface area contributed by atoms with Crippen molar-refractivity contribution >= 4 is 23.2 Å². The van der Waals surface area contributed by atoms with Crippen molar-refractivity contribution in [1.29, 1.82) is 0 Å². The summed E-state index contributed by atoms with van der Waals surface area (Å²) in [7, 11) is 0. The molecule has 2 aliphatic rings. The molecule has 138 valence electrons. The van der Waals surface area contributed by atoms with Gasteiger partial charge in [-0.2, -0.15) is 0 Å². The lowest BCUT2D eigenvalue weighted by molar-refractivity contribution is -0.126. The van der Waals surface area contributed by atoms with E-state index in [1.165, 1.54) is 17.8 Å². The Morgan fingerprint density at radius 1 is 1.48 bits per heavy atom. The first kappa shape index (κ1) is 18.3. The summed E-state index contributed by atoms with van der Waals surface area (Å²) in [4.78, 5) is 29.7. The Kier molecular flexibility index (Phi) is 5.74. The van der Waals surface area contributed by atoms with Gasteiger partial charge in [0.25, 0.3) is 0 Å². The SMILES string of the molecule is CCC(CNC(=O)Cc1scnc1C)NC(=O)C1COC2(CCC2)C1. The summed E-state index contributed by atoms with van der Waals surface area (Å²) in [5.41, 5.74) is 2.66. The number of aryl methyl sites for hydroxylation is 1. The van der Waals surface area contributed by atoms with Crippen LogP contribution in [0.2, 0.25) is 0 Å². The monoisotopic (exact) mass is 365 g/mol. The van der Waals surface area contributed by atoms with Gasteiger partial charge in [0.2, 0.25) is 11.8 Å². The van der Waals surface area contributed by atoms with E-state index in [0.717, 1.165) is 36.3 Å². The Hall–Kier alpha value is -1.47. The third-order valence-electron chi connectivity index (χ3n) is 5.40. The van der Waals surface area contributed by atoms with Crippen molar-refractivity contribution in [3.63, 3.8) is 0 Å². The van der Waals surface area contributed by atoms with Crippen LogP contribution in [0.3, 0.4) is 0 Å². The lowest BCUT2D eigenvalue weighted by atomic mass is 9.76. The van der Waals surface area contributed by atoms with Gasteiger partial charge in [0.15, 0.2) is 0 Å². The van der Waals surface area contributed by atoms with Gasteiger partial charge in [-0.15, -0.1) is 11.3 Å². The molecule has 1 saturated carbocycles. The van der Waals surface area contributed by atoms with E-state index in [1.807, 2.05) is 13.8 Å². The predicted molar refractivity (Wildman–Crippen MR) is 96.4 cm³/mol. The summed E-state index contributed by atoms with van der Waals surface area (Å²) in [6.45, 7) is 4.91. The number of carbonyl (C=O) groups excluding carboxylic acids is 2. The number of nitrogens with zero attached hydrogens (tertiary/aromatic N) is 1. The average Bonchev–Trinajstić information content (AvgIpc) is 3.18. The van der Waals surface area contributed by atoms with Crippen molar-refractivity contribution < 1.29 is 14.3 Å². The molecule has 1 aromatic rings. The zero-order valence-electron chi connectivity index (χ0n) is 15.0. The number of nitrogens with one attached hydrogen (secondary N) is 2. The number of hydrogen-bond donors (Lipinski definition) is 2. The van der Waals surface area contributed by atoms with Gasteiger partial charge in [-0.3, -0.25) is 9.59 Å². The molecule has 2 N–H and O–H groups in total. The fourth-order valence-corrected chi connectivity index (χ4v) is 4.27.